The van der Waals surface area contributed by atoms with Crippen LogP contribution in [0.4, 0.5) is 0 Å². The Kier molecular flexibility index (Phi) is 6.78. The molecule has 0 aromatic rings. The second-order valence-corrected chi connectivity index (χ2v) is 17.7. The zero-order valence-electron chi connectivity index (χ0n) is 10.7. The molecule has 0 aliphatic carbocycles. The number of rotatable bonds is 8. The molecule has 0 aromatic heterocycles. The van der Waals surface area contributed by atoms with Gasteiger partial charge in [0, 0.05) is 0 Å². The molecule has 6 heteroatoms. The summed E-state index contributed by atoms with van der Waals surface area (Å²) in [5.74, 6) is 2.83. The van der Waals surface area contributed by atoms with Gasteiger partial charge in [-0.25, -0.2) is 0 Å². The topological polar surface area (TPSA) is 0 Å². The fourth-order valence-electron chi connectivity index (χ4n) is 2.21. The van der Waals surface area contributed by atoms with Crippen molar-refractivity contribution in [3.63, 3.8) is 0 Å². The molecular weight excluding hydrogens is 536 g/mol. The number of hydrogen-bond donors (Lipinski definition) is 0. The third kappa shape index (κ3) is 6.26. The average molecular weight is 554 g/mol. The van der Waals surface area contributed by atoms with E-state index < -0.39 is 0 Å². The van der Waals surface area contributed by atoms with Crippen molar-refractivity contribution >= 4 is 93.4 Å². The molecular formula is C13H18S2Se4. The van der Waals surface area contributed by atoms with Crippen LogP contribution in [0.2, 0.25) is 13.9 Å². The van der Waals surface area contributed by atoms with Gasteiger partial charge in [0.25, 0.3) is 0 Å². The van der Waals surface area contributed by atoms with E-state index in [0.29, 0.717) is 0 Å². The zero-order chi connectivity index (χ0) is 13.2. The van der Waals surface area contributed by atoms with Crippen LogP contribution in [0.25, 0.3) is 0 Å². The Hall–Kier alpha value is 2.52. The Bertz CT molecular complexity index is 332. The van der Waals surface area contributed by atoms with Crippen molar-refractivity contribution in [2.75, 3.05) is 11.5 Å². The summed E-state index contributed by atoms with van der Waals surface area (Å²) < 4.78 is 4.47. The minimum atomic E-state index is 0.914. The minimum absolute atomic E-state index is 0.914. The third-order valence-electron chi connectivity index (χ3n) is 3.38. The molecule has 3 aliphatic rings. The molecule has 3 aliphatic heterocycles. The predicted molar refractivity (Wildman–Crippen MR) is 96.3 cm³/mol. The van der Waals surface area contributed by atoms with Crippen molar-refractivity contribution in [3.8, 4) is 0 Å². The summed E-state index contributed by atoms with van der Waals surface area (Å²) in [5, 5.41) is 3.52. The SMILES string of the molecule is [Se]=C(CC1CS1)CC1C[Se]C(CC(=[Se])CC2CS2)[Se]1. The summed E-state index contributed by atoms with van der Waals surface area (Å²) in [5.41, 5.74) is 0. The van der Waals surface area contributed by atoms with Gasteiger partial charge in [0.2, 0.25) is 0 Å². The standard InChI is InChI=1S/C13H18S2Se4/c16-10(1-8-5-14-8)3-12-7-18-13(19-12)4-11(17)2-9-6-15-9/h8-9,12-13H,1-7H2. The molecule has 106 valence electrons. The van der Waals surface area contributed by atoms with E-state index in [0.717, 1.165) is 48.9 Å². The fraction of sp³-hybridized carbons (Fsp3) is 0.846. The van der Waals surface area contributed by atoms with Crippen LogP contribution in [0.15, 0.2) is 0 Å². The van der Waals surface area contributed by atoms with Crippen molar-refractivity contribution in [3.05, 3.63) is 0 Å². The van der Waals surface area contributed by atoms with E-state index in [1.54, 1.807) is 14.2 Å². The van der Waals surface area contributed by atoms with Crippen LogP contribution in [0.1, 0.15) is 25.7 Å². The summed E-state index contributed by atoms with van der Waals surface area (Å²) in [7, 11) is 0. The van der Waals surface area contributed by atoms with Gasteiger partial charge in [0.15, 0.2) is 0 Å². The summed E-state index contributed by atoms with van der Waals surface area (Å²) in [6, 6.07) is 0. The molecule has 0 saturated carbocycles. The maximum absolute atomic E-state index is 3.37. The van der Waals surface area contributed by atoms with Gasteiger partial charge in [-0.05, 0) is 0 Å². The van der Waals surface area contributed by atoms with E-state index in [9.17, 15) is 0 Å². The molecule has 4 unspecified atom stereocenters. The molecule has 0 nitrogen and oxygen atoms in total. The molecule has 0 spiro atoms. The number of thioether (sulfide) groups is 2. The van der Waals surface area contributed by atoms with Gasteiger partial charge in [-0.15, -0.1) is 0 Å². The molecule has 0 N–H and O–H groups in total. The van der Waals surface area contributed by atoms with E-state index in [-0.39, 0.29) is 0 Å². The van der Waals surface area contributed by atoms with Crippen LogP contribution in [0.3, 0.4) is 0 Å². The monoisotopic (exact) mass is 558 g/mol. The van der Waals surface area contributed by atoms with Crippen LogP contribution in [0.5, 0.6) is 0 Å². The van der Waals surface area contributed by atoms with Crippen LogP contribution in [-0.2, 0) is 0 Å². The molecule has 0 aromatic carbocycles. The molecule has 3 saturated heterocycles. The quantitative estimate of drug-likeness (QED) is 0.332. The summed E-state index contributed by atoms with van der Waals surface area (Å²) >= 11 is 12.9. The van der Waals surface area contributed by atoms with Crippen molar-refractivity contribution in [2.45, 2.75) is 50.0 Å². The summed E-state index contributed by atoms with van der Waals surface area (Å²) in [6.07, 6.45) is 5.58. The summed E-state index contributed by atoms with van der Waals surface area (Å²) in [4.78, 5) is 1.07. The second-order valence-electron chi connectivity index (χ2n) is 5.33. The third-order valence-corrected chi connectivity index (χ3v) is 15.4. The molecule has 3 fully saturated rings. The summed E-state index contributed by atoms with van der Waals surface area (Å²) in [6.45, 7) is 0. The Morgan fingerprint density at radius 3 is 2.11 bits per heavy atom. The molecule has 0 bridgehead atoms. The second kappa shape index (κ2) is 7.87. The van der Waals surface area contributed by atoms with Crippen LogP contribution in [-0.4, -0.2) is 91.9 Å². The van der Waals surface area contributed by atoms with Crippen LogP contribution < -0.4 is 0 Å². The van der Waals surface area contributed by atoms with E-state index in [2.05, 4.69) is 54.7 Å². The van der Waals surface area contributed by atoms with Crippen LogP contribution in [0, 0.1) is 0 Å². The zero-order valence-corrected chi connectivity index (χ0v) is 19.2. The first-order valence-corrected chi connectivity index (χ1v) is 14.7. The van der Waals surface area contributed by atoms with E-state index >= 15 is 0 Å². The van der Waals surface area contributed by atoms with E-state index in [1.165, 1.54) is 37.2 Å². The fourth-order valence-corrected chi connectivity index (χ4v) is 16.5. The Balaban J connectivity index is 1.34. The van der Waals surface area contributed by atoms with Crippen LogP contribution >= 0.6 is 23.5 Å². The first kappa shape index (κ1) is 16.4. The predicted octanol–water partition coefficient (Wildman–Crippen LogP) is 1.83. The number of hydrogen-bond acceptors (Lipinski definition) is 2. The van der Waals surface area contributed by atoms with Crippen molar-refractivity contribution < 1.29 is 0 Å². The Labute approximate surface area is 153 Å². The van der Waals surface area contributed by atoms with Crippen molar-refractivity contribution in [1.82, 2.24) is 0 Å². The first-order chi connectivity index (χ1) is 9.19. The molecule has 4 atom stereocenters. The average Bonchev–Trinajstić information content (AvgIpc) is 3.24. The van der Waals surface area contributed by atoms with Gasteiger partial charge >= 0.3 is 155 Å². The molecule has 3 heterocycles. The van der Waals surface area contributed by atoms with E-state index in [1.807, 2.05) is 0 Å². The molecule has 0 radical (unpaired) electrons. The van der Waals surface area contributed by atoms with Gasteiger partial charge in [-0.2, -0.15) is 0 Å². The van der Waals surface area contributed by atoms with Crippen molar-refractivity contribution in [2.24, 2.45) is 0 Å². The van der Waals surface area contributed by atoms with Gasteiger partial charge < -0.3 is 0 Å². The Morgan fingerprint density at radius 1 is 0.947 bits per heavy atom. The van der Waals surface area contributed by atoms with Gasteiger partial charge in [-0.1, -0.05) is 0 Å². The molecule has 0 amide bonds. The van der Waals surface area contributed by atoms with Crippen molar-refractivity contribution in [1.29, 1.82) is 0 Å². The maximum atomic E-state index is 3.37. The van der Waals surface area contributed by atoms with Gasteiger partial charge in [0.1, 0.15) is 0 Å². The first-order valence-electron chi connectivity index (χ1n) is 6.72. The normalized spacial score (nSPS) is 36.2. The van der Waals surface area contributed by atoms with Gasteiger partial charge in [0.05, 0.1) is 0 Å². The van der Waals surface area contributed by atoms with Gasteiger partial charge in [-0.3, -0.25) is 0 Å². The van der Waals surface area contributed by atoms with E-state index in [4.69, 9.17) is 0 Å². The molecule has 19 heavy (non-hydrogen) atoms. The Morgan fingerprint density at radius 2 is 1.53 bits per heavy atom. The molecule has 3 rings (SSSR count).